The number of para-hydroxylation sites is 2. The van der Waals surface area contributed by atoms with E-state index in [-0.39, 0.29) is 28.2 Å². The fourth-order valence-electron chi connectivity index (χ4n) is 3.02. The summed E-state index contributed by atoms with van der Waals surface area (Å²) >= 11 is 11.8. The lowest BCUT2D eigenvalue weighted by Crippen LogP contribution is -2.31. The molecule has 3 aromatic rings. The average Bonchev–Trinajstić information content (AvgIpc) is 2.93. The number of hydrogen-bond donors (Lipinski definition) is 1. The van der Waals surface area contributed by atoms with Gasteiger partial charge in [0, 0.05) is 11.3 Å². The zero-order valence-corrected chi connectivity index (χ0v) is 17.9. The number of imidazole rings is 1. The molecule has 6 nitrogen and oxygen atoms in total. The molecule has 0 aliphatic heterocycles. The van der Waals surface area contributed by atoms with Crippen LogP contribution in [-0.2, 0) is 26.9 Å². The number of amides is 1. The Labute approximate surface area is 177 Å². The van der Waals surface area contributed by atoms with E-state index >= 15 is 0 Å². The molecule has 0 saturated carbocycles. The summed E-state index contributed by atoms with van der Waals surface area (Å²) in [7, 11) is -3.35. The number of hydrogen-bond acceptors (Lipinski definition) is 4. The number of aromatic nitrogens is 2. The minimum absolute atomic E-state index is 0.104. The second-order valence-electron chi connectivity index (χ2n) is 6.75. The molecule has 1 amide bonds. The molecular formula is C19H18Cl2FN3O3S. The summed E-state index contributed by atoms with van der Waals surface area (Å²) in [6.45, 7) is 1.51. The lowest BCUT2D eigenvalue weighted by Gasteiger charge is -2.17. The van der Waals surface area contributed by atoms with Gasteiger partial charge < -0.3 is 9.88 Å². The summed E-state index contributed by atoms with van der Waals surface area (Å²) in [6, 6.07) is 8.94. The Kier molecular flexibility index (Phi) is 6.16. The highest BCUT2D eigenvalue weighted by Crippen LogP contribution is 2.28. The first kappa shape index (κ1) is 21.5. The minimum atomic E-state index is -3.35. The molecule has 3 rings (SSSR count). The van der Waals surface area contributed by atoms with Crippen LogP contribution in [0, 0.1) is 5.82 Å². The number of nitrogens with one attached hydrogen (secondary N) is 1. The Bertz CT molecular complexity index is 1190. The molecule has 0 radical (unpaired) electrons. The van der Waals surface area contributed by atoms with Gasteiger partial charge in [0.25, 0.3) is 0 Å². The van der Waals surface area contributed by atoms with Crippen LogP contribution in [-0.4, -0.2) is 30.1 Å². The summed E-state index contributed by atoms with van der Waals surface area (Å²) in [6.07, 6.45) is 1.11. The van der Waals surface area contributed by atoms with Crippen LogP contribution in [0.5, 0.6) is 0 Å². The highest BCUT2D eigenvalue weighted by atomic mass is 35.5. The number of halogens is 3. The van der Waals surface area contributed by atoms with Crippen molar-refractivity contribution in [2.45, 2.75) is 25.3 Å². The molecule has 1 aromatic heterocycles. The first-order chi connectivity index (χ1) is 13.5. The normalized spacial score (nSPS) is 12.9. The number of carbonyl (C=O) groups excluding carboxylic acids is 1. The van der Waals surface area contributed by atoms with Crippen LogP contribution in [0.2, 0.25) is 10.0 Å². The molecule has 1 unspecified atom stereocenters. The quantitative estimate of drug-likeness (QED) is 0.569. The molecule has 0 spiro atoms. The summed E-state index contributed by atoms with van der Waals surface area (Å²) in [4.78, 5) is 17.0. The average molecular weight is 458 g/mol. The molecule has 1 atom stereocenters. The predicted molar refractivity (Wildman–Crippen MR) is 111 cm³/mol. The topological polar surface area (TPSA) is 81.1 Å². The molecule has 29 heavy (non-hydrogen) atoms. The number of fused-ring (bicyclic) bond motifs is 1. The van der Waals surface area contributed by atoms with Crippen LogP contribution >= 0.6 is 23.2 Å². The molecule has 0 aliphatic carbocycles. The van der Waals surface area contributed by atoms with Crippen molar-refractivity contribution in [1.29, 1.82) is 0 Å². The largest absolute Gasteiger partial charge is 0.348 e. The SMILES string of the molecule is CC(NC(=O)Cn1c(CS(C)(=O)=O)nc2ccccc21)c1cc(F)c(Cl)cc1Cl. The Balaban J connectivity index is 1.86. The Morgan fingerprint density at radius 3 is 2.62 bits per heavy atom. The lowest BCUT2D eigenvalue weighted by atomic mass is 10.1. The van der Waals surface area contributed by atoms with Crippen LogP contribution < -0.4 is 5.32 Å². The third-order valence-corrected chi connectivity index (χ3v) is 5.71. The third kappa shape index (κ3) is 5.07. The number of carbonyl (C=O) groups is 1. The van der Waals surface area contributed by atoms with E-state index in [2.05, 4.69) is 10.3 Å². The van der Waals surface area contributed by atoms with Gasteiger partial charge in [-0.3, -0.25) is 4.79 Å². The summed E-state index contributed by atoms with van der Waals surface area (Å²) in [5.41, 5.74) is 1.62. The maximum Gasteiger partial charge on any atom is 0.240 e. The van der Waals surface area contributed by atoms with Gasteiger partial charge >= 0.3 is 0 Å². The highest BCUT2D eigenvalue weighted by Gasteiger charge is 2.20. The molecule has 0 fully saturated rings. The molecule has 1 N–H and O–H groups in total. The van der Waals surface area contributed by atoms with Crippen molar-refractivity contribution in [3.05, 3.63) is 63.6 Å². The van der Waals surface area contributed by atoms with E-state index in [4.69, 9.17) is 23.2 Å². The van der Waals surface area contributed by atoms with Crippen molar-refractivity contribution < 1.29 is 17.6 Å². The molecule has 0 bridgehead atoms. The van der Waals surface area contributed by atoms with Gasteiger partial charge in [-0.15, -0.1) is 0 Å². The van der Waals surface area contributed by atoms with Crippen molar-refractivity contribution in [3.63, 3.8) is 0 Å². The molecule has 154 valence electrons. The van der Waals surface area contributed by atoms with Crippen LogP contribution in [0.1, 0.15) is 24.4 Å². The molecule has 2 aromatic carbocycles. The number of sulfone groups is 1. The van der Waals surface area contributed by atoms with Crippen LogP contribution in [0.25, 0.3) is 11.0 Å². The summed E-state index contributed by atoms with van der Waals surface area (Å²) < 4.78 is 38.9. The smallest absolute Gasteiger partial charge is 0.240 e. The fraction of sp³-hybridized carbons (Fsp3) is 0.263. The van der Waals surface area contributed by atoms with Crippen molar-refractivity contribution >= 4 is 50.0 Å². The Hall–Kier alpha value is -2.16. The second kappa shape index (κ2) is 8.30. The summed E-state index contributed by atoms with van der Waals surface area (Å²) in [5.74, 6) is -1.06. The zero-order valence-electron chi connectivity index (χ0n) is 15.6. The Morgan fingerprint density at radius 2 is 1.93 bits per heavy atom. The lowest BCUT2D eigenvalue weighted by molar-refractivity contribution is -0.122. The third-order valence-electron chi connectivity index (χ3n) is 4.31. The molecule has 0 saturated heterocycles. The highest BCUT2D eigenvalue weighted by molar-refractivity contribution is 7.89. The summed E-state index contributed by atoms with van der Waals surface area (Å²) in [5, 5.41) is 2.87. The van der Waals surface area contributed by atoms with E-state index in [1.165, 1.54) is 12.1 Å². The van der Waals surface area contributed by atoms with E-state index in [0.29, 0.717) is 16.6 Å². The first-order valence-electron chi connectivity index (χ1n) is 8.61. The second-order valence-corrected chi connectivity index (χ2v) is 9.70. The van der Waals surface area contributed by atoms with Crippen molar-refractivity contribution in [2.24, 2.45) is 0 Å². The van der Waals surface area contributed by atoms with E-state index < -0.39 is 27.6 Å². The van der Waals surface area contributed by atoms with Gasteiger partial charge in [-0.1, -0.05) is 35.3 Å². The van der Waals surface area contributed by atoms with Crippen LogP contribution in [0.15, 0.2) is 36.4 Å². The number of benzene rings is 2. The van der Waals surface area contributed by atoms with Crippen molar-refractivity contribution in [1.82, 2.24) is 14.9 Å². The first-order valence-corrected chi connectivity index (χ1v) is 11.4. The van der Waals surface area contributed by atoms with E-state index in [1.807, 2.05) is 0 Å². The van der Waals surface area contributed by atoms with Gasteiger partial charge in [0.05, 0.1) is 22.1 Å². The van der Waals surface area contributed by atoms with Crippen molar-refractivity contribution in [2.75, 3.05) is 6.26 Å². The van der Waals surface area contributed by atoms with Gasteiger partial charge in [0.2, 0.25) is 5.91 Å². The number of nitrogens with zero attached hydrogens (tertiary/aromatic N) is 2. The molecule has 10 heteroatoms. The standard InChI is InChI=1S/C19H18Cl2FN3O3S/c1-11(12-7-15(22)14(21)8-13(12)20)23-19(26)9-25-17-6-4-3-5-16(17)24-18(25)10-29(2,27)28/h3-8,11H,9-10H2,1-2H3,(H,23,26). The van der Waals surface area contributed by atoms with Gasteiger partial charge in [0.15, 0.2) is 9.84 Å². The van der Waals surface area contributed by atoms with Crippen molar-refractivity contribution in [3.8, 4) is 0 Å². The van der Waals surface area contributed by atoms with Gasteiger partial charge in [-0.25, -0.2) is 17.8 Å². The van der Waals surface area contributed by atoms with Gasteiger partial charge in [-0.05, 0) is 36.8 Å². The monoisotopic (exact) mass is 457 g/mol. The fourth-order valence-corrected chi connectivity index (χ4v) is 4.26. The van der Waals surface area contributed by atoms with Crippen LogP contribution in [0.4, 0.5) is 4.39 Å². The van der Waals surface area contributed by atoms with E-state index in [0.717, 1.165) is 6.26 Å². The molecule has 1 heterocycles. The molecular weight excluding hydrogens is 440 g/mol. The van der Waals surface area contributed by atoms with Crippen LogP contribution in [0.3, 0.4) is 0 Å². The van der Waals surface area contributed by atoms with E-state index in [9.17, 15) is 17.6 Å². The minimum Gasteiger partial charge on any atom is -0.348 e. The maximum absolute atomic E-state index is 13.8. The van der Waals surface area contributed by atoms with Gasteiger partial charge in [0.1, 0.15) is 23.9 Å². The van der Waals surface area contributed by atoms with E-state index in [1.54, 1.807) is 35.8 Å². The maximum atomic E-state index is 13.8. The zero-order chi connectivity index (χ0) is 21.3. The predicted octanol–water partition coefficient (Wildman–Crippen LogP) is 3.90. The van der Waals surface area contributed by atoms with Gasteiger partial charge in [-0.2, -0.15) is 0 Å². The Morgan fingerprint density at radius 1 is 1.24 bits per heavy atom. The molecule has 0 aliphatic rings. The number of rotatable bonds is 6.